The van der Waals surface area contributed by atoms with Crippen LogP contribution in [0.25, 0.3) is 11.3 Å². The number of hydrogen-bond acceptors (Lipinski definition) is 5. The summed E-state index contributed by atoms with van der Waals surface area (Å²) in [5, 5.41) is 3.37. The van der Waals surface area contributed by atoms with Crippen molar-refractivity contribution in [2.75, 3.05) is 26.1 Å². The zero-order valence-corrected chi connectivity index (χ0v) is 16.2. The Labute approximate surface area is 159 Å². The summed E-state index contributed by atoms with van der Waals surface area (Å²) < 4.78 is 18.2. The van der Waals surface area contributed by atoms with Crippen molar-refractivity contribution in [3.05, 3.63) is 54.2 Å². The topological polar surface area (TPSA) is 57.5 Å². The lowest BCUT2D eigenvalue weighted by molar-refractivity contribution is 0.340. The molecule has 3 aromatic rings. The number of aromatic nitrogens is 2. The normalized spacial score (nSPS) is 10.5. The molecule has 0 bridgehead atoms. The van der Waals surface area contributed by atoms with Gasteiger partial charge in [-0.3, -0.25) is 0 Å². The van der Waals surface area contributed by atoms with E-state index in [1.54, 1.807) is 14.2 Å². The fourth-order valence-corrected chi connectivity index (χ4v) is 2.90. The Kier molecular flexibility index (Phi) is 5.86. The number of anilines is 1. The van der Waals surface area contributed by atoms with E-state index >= 15 is 0 Å². The smallest absolute Gasteiger partial charge is 0.203 e. The third kappa shape index (κ3) is 4.16. The van der Waals surface area contributed by atoms with E-state index in [4.69, 9.17) is 14.2 Å². The van der Waals surface area contributed by atoms with Crippen molar-refractivity contribution in [2.45, 2.75) is 13.5 Å². The van der Waals surface area contributed by atoms with Gasteiger partial charge in [-0.2, -0.15) is 0 Å². The summed E-state index contributed by atoms with van der Waals surface area (Å²) in [7, 11) is 5.26. The van der Waals surface area contributed by atoms with Gasteiger partial charge in [0.1, 0.15) is 5.75 Å². The highest BCUT2D eigenvalue weighted by Gasteiger charge is 2.10. The van der Waals surface area contributed by atoms with Crippen molar-refractivity contribution in [1.82, 2.24) is 9.55 Å². The van der Waals surface area contributed by atoms with Gasteiger partial charge in [0.15, 0.2) is 11.5 Å². The molecule has 0 saturated heterocycles. The van der Waals surface area contributed by atoms with Crippen LogP contribution in [0.2, 0.25) is 0 Å². The Bertz CT molecular complexity index is 888. The third-order valence-electron chi connectivity index (χ3n) is 4.35. The molecule has 0 radical (unpaired) electrons. The minimum Gasteiger partial charge on any atom is -0.494 e. The Morgan fingerprint density at radius 1 is 1.00 bits per heavy atom. The molecule has 6 heteroatoms. The molecule has 0 aliphatic rings. The molecule has 0 aliphatic carbocycles. The van der Waals surface area contributed by atoms with Gasteiger partial charge in [0, 0.05) is 19.2 Å². The van der Waals surface area contributed by atoms with E-state index in [2.05, 4.69) is 10.3 Å². The van der Waals surface area contributed by atoms with E-state index in [9.17, 15) is 0 Å². The molecule has 0 spiro atoms. The van der Waals surface area contributed by atoms with E-state index in [-0.39, 0.29) is 0 Å². The van der Waals surface area contributed by atoms with Crippen LogP contribution in [0, 0.1) is 0 Å². The maximum atomic E-state index is 5.50. The molecule has 0 amide bonds. The lowest BCUT2D eigenvalue weighted by atomic mass is 10.1. The summed E-state index contributed by atoms with van der Waals surface area (Å²) in [4.78, 5) is 4.51. The highest BCUT2D eigenvalue weighted by Crippen LogP contribution is 2.28. The average Bonchev–Trinajstić information content (AvgIpc) is 3.07. The van der Waals surface area contributed by atoms with Crippen LogP contribution in [0.5, 0.6) is 17.2 Å². The van der Waals surface area contributed by atoms with Crippen LogP contribution >= 0.6 is 0 Å². The lowest BCUT2D eigenvalue weighted by Gasteiger charge is -2.11. The molecule has 1 heterocycles. The molecule has 27 heavy (non-hydrogen) atoms. The zero-order valence-electron chi connectivity index (χ0n) is 16.2. The second-order valence-corrected chi connectivity index (χ2v) is 6.03. The second kappa shape index (κ2) is 8.49. The van der Waals surface area contributed by atoms with Gasteiger partial charge < -0.3 is 24.1 Å². The van der Waals surface area contributed by atoms with Crippen LogP contribution < -0.4 is 19.5 Å². The van der Waals surface area contributed by atoms with Gasteiger partial charge in [-0.05, 0) is 48.9 Å². The molecule has 2 aromatic carbocycles. The van der Waals surface area contributed by atoms with Crippen molar-refractivity contribution < 1.29 is 14.2 Å². The van der Waals surface area contributed by atoms with Crippen LogP contribution in [0.15, 0.2) is 48.7 Å². The summed E-state index contributed by atoms with van der Waals surface area (Å²) in [6, 6.07) is 13.9. The van der Waals surface area contributed by atoms with E-state index in [1.807, 2.05) is 67.2 Å². The summed E-state index contributed by atoms with van der Waals surface area (Å²) in [6.07, 6.45) is 1.87. The quantitative estimate of drug-likeness (QED) is 0.649. The molecule has 0 atom stereocenters. The maximum Gasteiger partial charge on any atom is 0.203 e. The predicted octanol–water partition coefficient (Wildman–Crippen LogP) is 4.12. The van der Waals surface area contributed by atoms with E-state index < -0.39 is 0 Å². The summed E-state index contributed by atoms with van der Waals surface area (Å²) >= 11 is 0. The van der Waals surface area contributed by atoms with Crippen molar-refractivity contribution >= 4 is 5.95 Å². The van der Waals surface area contributed by atoms with Gasteiger partial charge >= 0.3 is 0 Å². The van der Waals surface area contributed by atoms with Crippen LogP contribution in [-0.4, -0.2) is 30.4 Å². The van der Waals surface area contributed by atoms with E-state index in [0.717, 1.165) is 34.3 Å². The molecule has 0 unspecified atom stereocenters. The first-order chi connectivity index (χ1) is 13.2. The van der Waals surface area contributed by atoms with Gasteiger partial charge in [-0.1, -0.05) is 6.07 Å². The van der Waals surface area contributed by atoms with Crippen LogP contribution in [0.3, 0.4) is 0 Å². The number of nitrogens with zero attached hydrogens (tertiary/aromatic N) is 2. The summed E-state index contributed by atoms with van der Waals surface area (Å²) in [6.45, 7) is 3.27. The fraction of sp³-hybridized carbons (Fsp3) is 0.286. The number of imidazole rings is 1. The fourth-order valence-electron chi connectivity index (χ4n) is 2.90. The Morgan fingerprint density at radius 2 is 1.74 bits per heavy atom. The van der Waals surface area contributed by atoms with Gasteiger partial charge in [0.2, 0.25) is 5.95 Å². The van der Waals surface area contributed by atoms with Crippen molar-refractivity contribution in [3.8, 4) is 28.5 Å². The minimum absolute atomic E-state index is 0.633. The second-order valence-electron chi connectivity index (χ2n) is 6.03. The van der Waals surface area contributed by atoms with Crippen LogP contribution in [0.1, 0.15) is 12.5 Å². The van der Waals surface area contributed by atoms with Gasteiger partial charge in [-0.15, -0.1) is 0 Å². The van der Waals surface area contributed by atoms with Crippen molar-refractivity contribution in [2.24, 2.45) is 7.05 Å². The molecule has 0 aliphatic heterocycles. The molecule has 142 valence electrons. The molecular weight excluding hydrogens is 342 g/mol. The largest absolute Gasteiger partial charge is 0.494 e. The number of ether oxygens (including phenoxy) is 3. The number of nitrogens with one attached hydrogen (secondary N) is 1. The maximum absolute atomic E-state index is 5.50. The molecule has 0 saturated carbocycles. The average molecular weight is 367 g/mol. The lowest BCUT2D eigenvalue weighted by Crippen LogP contribution is -2.06. The first-order valence-corrected chi connectivity index (χ1v) is 8.86. The van der Waals surface area contributed by atoms with E-state index in [0.29, 0.717) is 18.9 Å². The number of hydrogen-bond donors (Lipinski definition) is 1. The zero-order chi connectivity index (χ0) is 19.2. The highest BCUT2D eigenvalue weighted by molar-refractivity contribution is 5.62. The van der Waals surface area contributed by atoms with Crippen LogP contribution in [-0.2, 0) is 13.6 Å². The third-order valence-corrected chi connectivity index (χ3v) is 4.35. The first kappa shape index (κ1) is 18.6. The highest BCUT2D eigenvalue weighted by atomic mass is 16.5. The van der Waals surface area contributed by atoms with Crippen molar-refractivity contribution in [3.63, 3.8) is 0 Å². The molecule has 0 fully saturated rings. The number of rotatable bonds is 8. The molecule has 1 aromatic heterocycles. The monoisotopic (exact) mass is 367 g/mol. The summed E-state index contributed by atoms with van der Waals surface area (Å²) in [5.41, 5.74) is 3.21. The minimum atomic E-state index is 0.633. The standard InChI is InChI=1S/C21H25N3O3/c1-5-27-17-9-7-16(8-10-17)18-14-23-21(24(18)2)22-13-15-6-11-19(25-3)20(12-15)26-4/h6-12,14H,5,13H2,1-4H3,(H,22,23). The van der Waals surface area contributed by atoms with Crippen molar-refractivity contribution in [1.29, 1.82) is 0 Å². The molecule has 1 N–H and O–H groups in total. The predicted molar refractivity (Wildman–Crippen MR) is 107 cm³/mol. The van der Waals surface area contributed by atoms with E-state index in [1.165, 1.54) is 0 Å². The number of methoxy groups -OCH3 is 2. The number of benzene rings is 2. The molecule has 3 rings (SSSR count). The van der Waals surface area contributed by atoms with Gasteiger partial charge in [-0.25, -0.2) is 4.98 Å². The van der Waals surface area contributed by atoms with Gasteiger partial charge in [0.25, 0.3) is 0 Å². The SMILES string of the molecule is CCOc1ccc(-c2cnc(NCc3ccc(OC)c(OC)c3)n2C)cc1. The Balaban J connectivity index is 1.72. The molecule has 6 nitrogen and oxygen atoms in total. The Hall–Kier alpha value is -3.15. The molecular formula is C21H25N3O3. The summed E-state index contributed by atoms with van der Waals surface area (Å²) in [5.74, 6) is 3.10. The first-order valence-electron chi connectivity index (χ1n) is 8.86. The van der Waals surface area contributed by atoms with Crippen LogP contribution in [0.4, 0.5) is 5.95 Å². The van der Waals surface area contributed by atoms with Gasteiger partial charge in [0.05, 0.1) is 32.7 Å². The Morgan fingerprint density at radius 3 is 2.41 bits per heavy atom.